The molecule has 112 valence electrons. The number of nitrogens with one attached hydrogen (secondary N) is 1. The molecule has 1 fully saturated rings. The van der Waals surface area contributed by atoms with Crippen molar-refractivity contribution in [2.75, 3.05) is 13.1 Å². The summed E-state index contributed by atoms with van der Waals surface area (Å²) >= 11 is 13.4. The molecule has 1 aliphatic heterocycles. The molecule has 6 heteroatoms. The quantitative estimate of drug-likeness (QED) is 0.912. The highest BCUT2D eigenvalue weighted by Crippen LogP contribution is 2.32. The number of amides is 1. The van der Waals surface area contributed by atoms with Crippen LogP contribution in [0.4, 0.5) is 0 Å². The van der Waals surface area contributed by atoms with Crippen LogP contribution < -0.4 is 5.32 Å². The van der Waals surface area contributed by atoms with Gasteiger partial charge in [-0.2, -0.15) is 0 Å². The molecule has 0 radical (unpaired) electrons. The van der Waals surface area contributed by atoms with E-state index in [1.807, 2.05) is 11.0 Å². The van der Waals surface area contributed by atoms with E-state index in [4.69, 9.17) is 23.2 Å². The molecule has 2 rings (SSSR count). The lowest BCUT2D eigenvalue weighted by Gasteiger charge is -2.38. The fourth-order valence-corrected chi connectivity index (χ4v) is 4.07. The number of carbonyl (C=O) groups excluding carboxylic acids is 1. The Labute approximate surface area is 134 Å². The molecule has 1 N–H and O–H groups in total. The zero-order valence-corrected chi connectivity index (χ0v) is 14.1. The summed E-state index contributed by atoms with van der Waals surface area (Å²) in [5.74, 6) is 0.239. The maximum atomic E-state index is 12.3. The van der Waals surface area contributed by atoms with Gasteiger partial charge in [-0.05, 0) is 38.3 Å². The Morgan fingerprint density at radius 3 is 2.90 bits per heavy atom. The predicted octanol–water partition coefficient (Wildman–Crippen LogP) is 3.59. The molecule has 0 spiro atoms. The van der Waals surface area contributed by atoms with Gasteiger partial charge in [-0.1, -0.05) is 23.2 Å². The molecule has 0 aromatic carbocycles. The molecule has 2 heterocycles. The maximum Gasteiger partial charge on any atom is 0.222 e. The minimum absolute atomic E-state index is 0.239. The van der Waals surface area contributed by atoms with Crippen molar-refractivity contribution in [2.45, 2.75) is 45.2 Å². The third-order valence-electron chi connectivity index (χ3n) is 3.92. The van der Waals surface area contributed by atoms with Crippen molar-refractivity contribution in [2.24, 2.45) is 0 Å². The Bertz CT molecular complexity index is 478. The molecule has 3 nitrogen and oxygen atoms in total. The summed E-state index contributed by atoms with van der Waals surface area (Å²) in [6.45, 7) is 5.90. The minimum atomic E-state index is 0.239. The number of piperazine rings is 1. The summed E-state index contributed by atoms with van der Waals surface area (Å²) < 4.78 is 1.45. The van der Waals surface area contributed by atoms with E-state index in [2.05, 4.69) is 19.2 Å². The molecule has 1 aromatic heterocycles. The number of rotatable bonds is 4. The molecule has 1 amide bonds. The van der Waals surface area contributed by atoms with Gasteiger partial charge in [0.05, 0.1) is 8.67 Å². The number of aryl methyl sites for hydroxylation is 1. The van der Waals surface area contributed by atoms with E-state index in [0.29, 0.717) is 16.8 Å². The SMILES string of the molecule is CC1NCCN(C(=O)CCCc2cc(Cl)sc2Cl)C1C. The molecule has 0 aliphatic carbocycles. The minimum Gasteiger partial charge on any atom is -0.337 e. The molecule has 1 saturated heterocycles. The van der Waals surface area contributed by atoms with E-state index in [1.54, 1.807) is 0 Å². The lowest BCUT2D eigenvalue weighted by molar-refractivity contribution is -0.134. The van der Waals surface area contributed by atoms with Gasteiger partial charge in [0.1, 0.15) is 0 Å². The van der Waals surface area contributed by atoms with Crippen molar-refractivity contribution >= 4 is 40.4 Å². The first-order valence-electron chi connectivity index (χ1n) is 6.95. The number of thiophene rings is 1. The van der Waals surface area contributed by atoms with E-state index in [9.17, 15) is 4.79 Å². The van der Waals surface area contributed by atoms with Crippen LogP contribution in [0.2, 0.25) is 8.67 Å². The molecule has 20 heavy (non-hydrogen) atoms. The van der Waals surface area contributed by atoms with Crippen molar-refractivity contribution < 1.29 is 4.79 Å². The highest BCUT2D eigenvalue weighted by atomic mass is 35.5. The van der Waals surface area contributed by atoms with Crippen LogP contribution in [0, 0.1) is 0 Å². The zero-order chi connectivity index (χ0) is 14.7. The highest BCUT2D eigenvalue weighted by molar-refractivity contribution is 7.20. The standard InChI is InChI=1S/C14H20Cl2N2OS/c1-9-10(2)18(7-6-17-9)13(19)5-3-4-11-8-12(15)20-14(11)16/h8-10,17H,3-7H2,1-2H3. The Balaban J connectivity index is 1.81. The van der Waals surface area contributed by atoms with E-state index in [-0.39, 0.29) is 11.9 Å². The van der Waals surface area contributed by atoms with Crippen molar-refractivity contribution in [1.29, 1.82) is 0 Å². The third-order valence-corrected chi connectivity index (χ3v) is 5.49. The van der Waals surface area contributed by atoms with Crippen LogP contribution in [0.3, 0.4) is 0 Å². The van der Waals surface area contributed by atoms with Crippen molar-refractivity contribution in [3.63, 3.8) is 0 Å². The van der Waals surface area contributed by atoms with Crippen molar-refractivity contribution in [1.82, 2.24) is 10.2 Å². The largest absolute Gasteiger partial charge is 0.337 e. The first-order valence-corrected chi connectivity index (χ1v) is 8.53. The summed E-state index contributed by atoms with van der Waals surface area (Å²) in [5, 5.41) is 3.38. The van der Waals surface area contributed by atoms with Crippen LogP contribution in [0.1, 0.15) is 32.3 Å². The topological polar surface area (TPSA) is 32.3 Å². The maximum absolute atomic E-state index is 12.3. The van der Waals surface area contributed by atoms with E-state index < -0.39 is 0 Å². The third kappa shape index (κ3) is 3.88. The fourth-order valence-electron chi connectivity index (χ4n) is 2.53. The molecule has 2 atom stereocenters. The van der Waals surface area contributed by atoms with Gasteiger partial charge in [-0.15, -0.1) is 11.3 Å². The summed E-state index contributed by atoms with van der Waals surface area (Å²) in [4.78, 5) is 14.3. The molecule has 0 bridgehead atoms. The van der Waals surface area contributed by atoms with Crippen LogP contribution in [0.25, 0.3) is 0 Å². The van der Waals surface area contributed by atoms with Crippen LogP contribution in [0.5, 0.6) is 0 Å². The van der Waals surface area contributed by atoms with Gasteiger partial charge in [-0.3, -0.25) is 4.79 Å². The summed E-state index contributed by atoms with van der Waals surface area (Å²) in [6.07, 6.45) is 2.20. The first-order chi connectivity index (χ1) is 9.49. The molecule has 2 unspecified atom stereocenters. The fraction of sp³-hybridized carbons (Fsp3) is 0.643. The van der Waals surface area contributed by atoms with E-state index >= 15 is 0 Å². The number of hydrogen-bond donors (Lipinski definition) is 1. The number of nitrogens with zero attached hydrogens (tertiary/aromatic N) is 1. The van der Waals surface area contributed by atoms with Crippen LogP contribution in [0.15, 0.2) is 6.07 Å². The number of hydrogen-bond acceptors (Lipinski definition) is 3. The molecule has 0 saturated carbocycles. The second-order valence-electron chi connectivity index (χ2n) is 5.27. The average Bonchev–Trinajstić information content (AvgIpc) is 2.71. The smallest absolute Gasteiger partial charge is 0.222 e. The predicted molar refractivity (Wildman–Crippen MR) is 85.9 cm³/mol. The van der Waals surface area contributed by atoms with Gasteiger partial charge < -0.3 is 10.2 Å². The summed E-state index contributed by atoms with van der Waals surface area (Å²) in [5.41, 5.74) is 1.05. The zero-order valence-electron chi connectivity index (χ0n) is 11.8. The molecule has 1 aliphatic rings. The van der Waals surface area contributed by atoms with Crippen LogP contribution in [-0.2, 0) is 11.2 Å². The highest BCUT2D eigenvalue weighted by Gasteiger charge is 2.27. The van der Waals surface area contributed by atoms with Crippen molar-refractivity contribution in [3.8, 4) is 0 Å². The second-order valence-corrected chi connectivity index (χ2v) is 7.56. The van der Waals surface area contributed by atoms with Crippen LogP contribution >= 0.6 is 34.5 Å². The van der Waals surface area contributed by atoms with E-state index in [1.165, 1.54) is 11.3 Å². The number of carbonyl (C=O) groups is 1. The number of halogens is 2. The molecule has 1 aromatic rings. The second kappa shape index (κ2) is 7.12. The Kier molecular flexibility index (Phi) is 5.73. The average molecular weight is 335 g/mol. The van der Waals surface area contributed by atoms with Gasteiger partial charge in [0.25, 0.3) is 0 Å². The Morgan fingerprint density at radius 1 is 1.50 bits per heavy atom. The molecular weight excluding hydrogens is 315 g/mol. The van der Waals surface area contributed by atoms with Gasteiger partial charge in [0, 0.05) is 31.6 Å². The lowest BCUT2D eigenvalue weighted by atomic mass is 10.1. The van der Waals surface area contributed by atoms with Gasteiger partial charge >= 0.3 is 0 Å². The normalized spacial score (nSPS) is 23.1. The molecular formula is C14H20Cl2N2OS. The van der Waals surface area contributed by atoms with E-state index in [0.717, 1.165) is 35.8 Å². The van der Waals surface area contributed by atoms with Crippen molar-refractivity contribution in [3.05, 3.63) is 20.3 Å². The Morgan fingerprint density at radius 2 is 2.25 bits per heavy atom. The monoisotopic (exact) mass is 334 g/mol. The Hall–Kier alpha value is -0.290. The summed E-state index contributed by atoms with van der Waals surface area (Å²) in [6, 6.07) is 2.52. The first kappa shape index (κ1) is 16.1. The van der Waals surface area contributed by atoms with Crippen LogP contribution in [-0.4, -0.2) is 36.0 Å². The lowest BCUT2D eigenvalue weighted by Crippen LogP contribution is -2.57. The van der Waals surface area contributed by atoms with Gasteiger partial charge in [-0.25, -0.2) is 0 Å². The van der Waals surface area contributed by atoms with Gasteiger partial charge in [0.2, 0.25) is 5.91 Å². The van der Waals surface area contributed by atoms with Gasteiger partial charge in [0.15, 0.2) is 0 Å². The summed E-state index contributed by atoms with van der Waals surface area (Å²) in [7, 11) is 0.